The molecule has 4 heteroatoms. The molecule has 0 radical (unpaired) electrons. The second-order valence-corrected chi connectivity index (χ2v) is 3.69. The summed E-state index contributed by atoms with van der Waals surface area (Å²) in [7, 11) is 0. The van der Waals surface area contributed by atoms with E-state index in [-0.39, 0.29) is 18.8 Å². The zero-order valence-corrected chi connectivity index (χ0v) is 9.81. The van der Waals surface area contributed by atoms with Crippen molar-refractivity contribution in [3.63, 3.8) is 0 Å². The maximum atomic E-state index is 11.2. The summed E-state index contributed by atoms with van der Waals surface area (Å²) in [4.78, 5) is 21.6. The van der Waals surface area contributed by atoms with Crippen LogP contribution in [0.25, 0.3) is 0 Å². The van der Waals surface area contributed by atoms with Gasteiger partial charge >= 0.3 is 11.9 Å². The summed E-state index contributed by atoms with van der Waals surface area (Å²) in [5.41, 5.74) is 1.84. The van der Waals surface area contributed by atoms with Crippen molar-refractivity contribution >= 4 is 11.9 Å². The summed E-state index contributed by atoms with van der Waals surface area (Å²) in [6, 6.07) is 7.34. The Morgan fingerprint density at radius 3 is 2.29 bits per heavy atom. The third-order valence-corrected chi connectivity index (χ3v) is 2.30. The first-order valence-electron chi connectivity index (χ1n) is 5.57. The molecular formula is C13H16O4. The highest BCUT2D eigenvalue weighted by atomic mass is 16.5. The van der Waals surface area contributed by atoms with Gasteiger partial charge in [0.2, 0.25) is 0 Å². The second-order valence-electron chi connectivity index (χ2n) is 3.69. The number of carboxylic acid groups (broad SMARTS) is 1. The van der Waals surface area contributed by atoms with Crippen LogP contribution in [0.15, 0.2) is 24.3 Å². The monoisotopic (exact) mass is 236 g/mol. The molecule has 0 aliphatic carbocycles. The Labute approximate surface area is 100 Å². The minimum Gasteiger partial charge on any atom is -0.481 e. The maximum Gasteiger partial charge on any atom is 0.310 e. The number of esters is 1. The van der Waals surface area contributed by atoms with Crippen LogP contribution in [0, 0.1) is 0 Å². The summed E-state index contributed by atoms with van der Waals surface area (Å²) >= 11 is 0. The Morgan fingerprint density at radius 1 is 1.18 bits per heavy atom. The number of carbonyl (C=O) groups excluding carboxylic acids is 1. The minimum atomic E-state index is -0.805. The Morgan fingerprint density at radius 2 is 1.76 bits per heavy atom. The molecule has 0 spiro atoms. The van der Waals surface area contributed by atoms with Crippen molar-refractivity contribution in [1.82, 2.24) is 0 Å². The lowest BCUT2D eigenvalue weighted by atomic mass is 10.1. The molecule has 0 aromatic heterocycles. The first kappa shape index (κ1) is 13.2. The van der Waals surface area contributed by atoms with Crippen molar-refractivity contribution in [2.75, 3.05) is 6.61 Å². The fourth-order valence-corrected chi connectivity index (χ4v) is 1.45. The summed E-state index contributed by atoms with van der Waals surface area (Å²) in [6.45, 7) is 2.16. The third-order valence-electron chi connectivity index (χ3n) is 2.30. The van der Waals surface area contributed by atoms with E-state index in [1.165, 1.54) is 0 Å². The predicted molar refractivity (Wildman–Crippen MR) is 62.7 cm³/mol. The van der Waals surface area contributed by atoms with Crippen molar-refractivity contribution in [2.24, 2.45) is 0 Å². The van der Waals surface area contributed by atoms with E-state index in [0.717, 1.165) is 11.1 Å². The van der Waals surface area contributed by atoms with Crippen molar-refractivity contribution in [2.45, 2.75) is 26.2 Å². The van der Waals surface area contributed by atoms with Crippen LogP contribution in [-0.4, -0.2) is 23.7 Å². The molecule has 1 N–H and O–H groups in total. The lowest BCUT2D eigenvalue weighted by Crippen LogP contribution is -2.07. The van der Waals surface area contributed by atoms with Gasteiger partial charge in [-0.15, -0.1) is 0 Å². The molecule has 0 fully saturated rings. The van der Waals surface area contributed by atoms with Gasteiger partial charge in [0.15, 0.2) is 0 Å². The molecule has 0 aliphatic heterocycles. The van der Waals surface area contributed by atoms with Gasteiger partial charge in [-0.25, -0.2) is 0 Å². The average Bonchev–Trinajstić information content (AvgIpc) is 2.28. The zero-order valence-electron chi connectivity index (χ0n) is 9.81. The second kappa shape index (κ2) is 6.68. The fraction of sp³-hybridized carbons (Fsp3) is 0.385. The number of carbonyl (C=O) groups is 2. The van der Waals surface area contributed by atoms with E-state index in [1.54, 1.807) is 6.92 Å². The number of hydrogen-bond donors (Lipinski definition) is 1. The van der Waals surface area contributed by atoms with Crippen LogP contribution in [0.3, 0.4) is 0 Å². The van der Waals surface area contributed by atoms with E-state index in [0.29, 0.717) is 13.0 Å². The minimum absolute atomic E-state index is 0.122. The Hall–Kier alpha value is -1.84. The van der Waals surface area contributed by atoms with Crippen LogP contribution in [0.1, 0.15) is 24.5 Å². The summed E-state index contributed by atoms with van der Waals surface area (Å²) < 4.78 is 4.84. The van der Waals surface area contributed by atoms with Gasteiger partial charge in [-0.1, -0.05) is 24.3 Å². The molecule has 0 aliphatic rings. The van der Waals surface area contributed by atoms with Crippen LogP contribution in [0.5, 0.6) is 0 Å². The van der Waals surface area contributed by atoms with Crippen LogP contribution in [0.2, 0.25) is 0 Å². The first-order chi connectivity index (χ1) is 8.11. The van der Waals surface area contributed by atoms with E-state index >= 15 is 0 Å². The van der Waals surface area contributed by atoms with E-state index < -0.39 is 5.97 Å². The normalized spacial score (nSPS) is 9.94. The number of aliphatic carboxylic acids is 1. The SMILES string of the molecule is CCOC(=O)Cc1ccc(CCC(=O)O)cc1. The Bertz CT molecular complexity index is 381. The molecule has 0 saturated heterocycles. The Balaban J connectivity index is 2.49. The van der Waals surface area contributed by atoms with Gasteiger partial charge in [-0.2, -0.15) is 0 Å². The maximum absolute atomic E-state index is 11.2. The number of rotatable bonds is 6. The number of benzene rings is 1. The summed E-state index contributed by atoms with van der Waals surface area (Å²) in [5.74, 6) is -1.05. The molecule has 0 heterocycles. The number of carboxylic acids is 1. The number of aryl methyl sites for hydroxylation is 1. The van der Waals surface area contributed by atoms with Crippen molar-refractivity contribution < 1.29 is 19.4 Å². The summed E-state index contributed by atoms with van der Waals surface area (Å²) in [6.07, 6.45) is 0.888. The lowest BCUT2D eigenvalue weighted by molar-refractivity contribution is -0.142. The van der Waals surface area contributed by atoms with E-state index in [4.69, 9.17) is 9.84 Å². The quantitative estimate of drug-likeness (QED) is 0.765. The predicted octanol–water partition coefficient (Wildman–Crippen LogP) is 1.81. The fourth-order valence-electron chi connectivity index (χ4n) is 1.45. The van der Waals surface area contributed by atoms with Gasteiger partial charge in [0, 0.05) is 6.42 Å². The lowest BCUT2D eigenvalue weighted by Gasteiger charge is -2.03. The third kappa shape index (κ3) is 5.15. The van der Waals surface area contributed by atoms with Gasteiger partial charge in [0.25, 0.3) is 0 Å². The molecule has 0 bridgehead atoms. The standard InChI is InChI=1S/C13H16O4/c1-2-17-13(16)9-11-5-3-10(4-6-11)7-8-12(14)15/h3-6H,2,7-9H2,1H3,(H,14,15). The van der Waals surface area contributed by atoms with E-state index in [1.807, 2.05) is 24.3 Å². The topological polar surface area (TPSA) is 63.6 Å². The molecule has 92 valence electrons. The first-order valence-corrected chi connectivity index (χ1v) is 5.57. The molecule has 0 atom stereocenters. The average molecular weight is 236 g/mol. The van der Waals surface area contributed by atoms with Crippen molar-refractivity contribution in [1.29, 1.82) is 0 Å². The summed E-state index contributed by atoms with van der Waals surface area (Å²) in [5, 5.41) is 8.55. The van der Waals surface area contributed by atoms with Crippen LogP contribution < -0.4 is 0 Å². The van der Waals surface area contributed by atoms with E-state index in [2.05, 4.69) is 0 Å². The largest absolute Gasteiger partial charge is 0.481 e. The van der Waals surface area contributed by atoms with Gasteiger partial charge in [-0.05, 0) is 24.5 Å². The molecule has 4 nitrogen and oxygen atoms in total. The van der Waals surface area contributed by atoms with Gasteiger partial charge < -0.3 is 9.84 Å². The van der Waals surface area contributed by atoms with Gasteiger partial charge in [0.1, 0.15) is 0 Å². The van der Waals surface area contributed by atoms with Crippen molar-refractivity contribution in [3.8, 4) is 0 Å². The Kier molecular flexibility index (Phi) is 5.20. The highest BCUT2D eigenvalue weighted by molar-refractivity contribution is 5.72. The highest BCUT2D eigenvalue weighted by Gasteiger charge is 2.04. The number of hydrogen-bond acceptors (Lipinski definition) is 3. The molecule has 0 amide bonds. The molecule has 1 rings (SSSR count). The molecule has 0 unspecified atom stereocenters. The van der Waals surface area contributed by atoms with E-state index in [9.17, 15) is 9.59 Å². The number of ether oxygens (including phenoxy) is 1. The van der Waals surface area contributed by atoms with Crippen LogP contribution in [-0.2, 0) is 27.2 Å². The molecule has 0 saturated carbocycles. The van der Waals surface area contributed by atoms with Crippen molar-refractivity contribution in [3.05, 3.63) is 35.4 Å². The molecule has 1 aromatic rings. The van der Waals surface area contributed by atoms with Gasteiger partial charge in [0.05, 0.1) is 13.0 Å². The van der Waals surface area contributed by atoms with Crippen LogP contribution in [0.4, 0.5) is 0 Å². The van der Waals surface area contributed by atoms with Gasteiger partial charge in [-0.3, -0.25) is 9.59 Å². The highest BCUT2D eigenvalue weighted by Crippen LogP contribution is 2.08. The molecule has 1 aromatic carbocycles. The zero-order chi connectivity index (χ0) is 12.7. The smallest absolute Gasteiger partial charge is 0.310 e. The molecular weight excluding hydrogens is 220 g/mol. The van der Waals surface area contributed by atoms with Crippen LogP contribution >= 0.6 is 0 Å². The molecule has 17 heavy (non-hydrogen) atoms.